The van der Waals surface area contributed by atoms with Crippen LogP contribution in [-0.4, -0.2) is 12.0 Å². The van der Waals surface area contributed by atoms with Gasteiger partial charge in [0.25, 0.3) is 0 Å². The van der Waals surface area contributed by atoms with Crippen LogP contribution in [0.5, 0.6) is 0 Å². The summed E-state index contributed by atoms with van der Waals surface area (Å²) in [6.07, 6.45) is 3.79. The second kappa shape index (κ2) is 3.73. The van der Waals surface area contributed by atoms with Crippen LogP contribution in [0.25, 0.3) is 0 Å². The molecule has 0 radical (unpaired) electrons. The van der Waals surface area contributed by atoms with E-state index in [2.05, 4.69) is 0 Å². The summed E-state index contributed by atoms with van der Waals surface area (Å²) in [6, 6.07) is 4.61. The maximum atomic E-state index is 13.1. The lowest BCUT2D eigenvalue weighted by Crippen LogP contribution is -2.01. The van der Waals surface area contributed by atoms with Gasteiger partial charge in [0, 0.05) is 16.4 Å². The third-order valence-electron chi connectivity index (χ3n) is 2.38. The van der Waals surface area contributed by atoms with Crippen molar-refractivity contribution in [1.82, 2.24) is 0 Å². The molecule has 3 heteroatoms. The Morgan fingerprint density at radius 1 is 1.50 bits per heavy atom. The van der Waals surface area contributed by atoms with Crippen LogP contribution in [0, 0.1) is 11.7 Å². The minimum absolute atomic E-state index is 0.167. The summed E-state index contributed by atoms with van der Waals surface area (Å²) >= 11 is 1.33. The van der Waals surface area contributed by atoms with Crippen LogP contribution in [0.3, 0.4) is 0 Å². The van der Waals surface area contributed by atoms with Gasteiger partial charge in [0.05, 0.1) is 0 Å². The number of halogens is 1. The Balaban J connectivity index is 2.29. The molecule has 1 saturated carbocycles. The molecule has 1 aromatic rings. The quantitative estimate of drug-likeness (QED) is 0.563. The molecule has 1 nitrogen and oxygen atoms in total. The molecule has 0 atom stereocenters. The molecule has 1 fully saturated rings. The fourth-order valence-corrected chi connectivity index (χ4v) is 1.90. The van der Waals surface area contributed by atoms with Crippen molar-refractivity contribution in [3.8, 4) is 0 Å². The Kier molecular flexibility index (Phi) is 2.59. The van der Waals surface area contributed by atoms with Crippen LogP contribution >= 0.6 is 11.8 Å². The number of hydrogen-bond donors (Lipinski definition) is 0. The molecule has 0 unspecified atom stereocenters. The van der Waals surface area contributed by atoms with E-state index in [1.807, 2.05) is 6.26 Å². The average Bonchev–Trinajstić information content (AvgIpc) is 3.01. The third-order valence-corrected chi connectivity index (χ3v) is 3.14. The van der Waals surface area contributed by atoms with Gasteiger partial charge in [0.1, 0.15) is 5.82 Å². The van der Waals surface area contributed by atoms with E-state index < -0.39 is 0 Å². The lowest BCUT2D eigenvalue weighted by Gasteiger charge is -2.02. The minimum atomic E-state index is -0.246. The maximum absolute atomic E-state index is 13.1. The fraction of sp³-hybridized carbons (Fsp3) is 0.364. The summed E-state index contributed by atoms with van der Waals surface area (Å²) in [5, 5.41) is 0. The number of Topliss-reactive ketones (excluding diaryl/α,β-unsaturated/α-hetero) is 1. The maximum Gasteiger partial charge on any atom is 0.165 e. The van der Waals surface area contributed by atoms with Crippen molar-refractivity contribution in [3.63, 3.8) is 0 Å². The SMILES string of the molecule is CSc1cc(C(=O)C2CC2)ccc1F. The molecular formula is C11H11FOS. The lowest BCUT2D eigenvalue weighted by atomic mass is 10.1. The number of carbonyl (C=O) groups is 1. The molecule has 0 aliphatic heterocycles. The van der Waals surface area contributed by atoms with Crippen molar-refractivity contribution >= 4 is 17.5 Å². The van der Waals surface area contributed by atoms with E-state index in [4.69, 9.17) is 0 Å². The highest BCUT2D eigenvalue weighted by Crippen LogP contribution is 2.33. The number of hydrogen-bond acceptors (Lipinski definition) is 2. The Labute approximate surface area is 86.7 Å². The van der Waals surface area contributed by atoms with Gasteiger partial charge < -0.3 is 0 Å². The largest absolute Gasteiger partial charge is 0.294 e. The molecule has 0 N–H and O–H groups in total. The molecule has 0 amide bonds. The molecule has 0 bridgehead atoms. The van der Waals surface area contributed by atoms with Gasteiger partial charge in [0.2, 0.25) is 0 Å². The van der Waals surface area contributed by atoms with E-state index >= 15 is 0 Å². The van der Waals surface area contributed by atoms with Gasteiger partial charge in [-0.15, -0.1) is 11.8 Å². The molecule has 0 spiro atoms. The summed E-state index contributed by atoms with van der Waals surface area (Å²) in [5.41, 5.74) is 0.651. The lowest BCUT2D eigenvalue weighted by molar-refractivity contribution is 0.0967. The van der Waals surface area contributed by atoms with E-state index in [0.29, 0.717) is 10.5 Å². The fourth-order valence-electron chi connectivity index (χ4n) is 1.39. The molecule has 1 aromatic carbocycles. The van der Waals surface area contributed by atoms with Crippen molar-refractivity contribution in [2.75, 3.05) is 6.26 Å². The molecule has 1 aliphatic carbocycles. The van der Waals surface area contributed by atoms with E-state index in [1.54, 1.807) is 12.1 Å². The standard InChI is InChI=1S/C11H11FOS/c1-14-10-6-8(4-5-9(10)12)11(13)7-2-3-7/h4-7H,2-3H2,1H3. The molecule has 14 heavy (non-hydrogen) atoms. The van der Waals surface area contributed by atoms with Gasteiger partial charge >= 0.3 is 0 Å². The van der Waals surface area contributed by atoms with Gasteiger partial charge in [-0.2, -0.15) is 0 Å². The zero-order chi connectivity index (χ0) is 10.1. The van der Waals surface area contributed by atoms with Crippen molar-refractivity contribution in [2.24, 2.45) is 5.92 Å². The molecule has 0 saturated heterocycles. The van der Waals surface area contributed by atoms with Gasteiger partial charge in [-0.1, -0.05) is 0 Å². The first-order valence-electron chi connectivity index (χ1n) is 4.60. The Bertz CT molecular complexity index is 372. The van der Waals surface area contributed by atoms with Crippen molar-refractivity contribution < 1.29 is 9.18 Å². The Morgan fingerprint density at radius 2 is 2.21 bits per heavy atom. The highest BCUT2D eigenvalue weighted by Gasteiger charge is 2.30. The van der Waals surface area contributed by atoms with Crippen molar-refractivity contribution in [3.05, 3.63) is 29.6 Å². The van der Waals surface area contributed by atoms with Crippen molar-refractivity contribution in [1.29, 1.82) is 0 Å². The second-order valence-electron chi connectivity index (χ2n) is 3.49. The Morgan fingerprint density at radius 3 is 2.79 bits per heavy atom. The van der Waals surface area contributed by atoms with E-state index in [1.165, 1.54) is 17.8 Å². The van der Waals surface area contributed by atoms with Gasteiger partial charge in [-0.05, 0) is 37.3 Å². The third kappa shape index (κ3) is 1.82. The summed E-state index contributed by atoms with van der Waals surface area (Å²) in [5.74, 6) is 0.125. The zero-order valence-electron chi connectivity index (χ0n) is 7.92. The summed E-state index contributed by atoms with van der Waals surface area (Å²) in [6.45, 7) is 0. The zero-order valence-corrected chi connectivity index (χ0v) is 8.73. The van der Waals surface area contributed by atoms with Gasteiger partial charge in [0.15, 0.2) is 5.78 Å². The van der Waals surface area contributed by atoms with Crippen LogP contribution in [0.2, 0.25) is 0 Å². The van der Waals surface area contributed by atoms with Gasteiger partial charge in [-0.25, -0.2) is 4.39 Å². The van der Waals surface area contributed by atoms with E-state index in [9.17, 15) is 9.18 Å². The monoisotopic (exact) mass is 210 g/mol. The molecule has 0 heterocycles. The highest BCUT2D eigenvalue weighted by atomic mass is 32.2. The second-order valence-corrected chi connectivity index (χ2v) is 4.34. The number of rotatable bonds is 3. The number of benzene rings is 1. The van der Waals surface area contributed by atoms with Crippen molar-refractivity contribution in [2.45, 2.75) is 17.7 Å². The first-order valence-corrected chi connectivity index (χ1v) is 5.82. The summed E-state index contributed by atoms with van der Waals surface area (Å²) in [7, 11) is 0. The molecule has 0 aromatic heterocycles. The molecule has 74 valence electrons. The predicted molar refractivity (Wildman–Crippen MR) is 55.2 cm³/mol. The van der Waals surface area contributed by atoms with Crippen LogP contribution in [0.15, 0.2) is 23.1 Å². The number of carbonyl (C=O) groups excluding carboxylic acids is 1. The minimum Gasteiger partial charge on any atom is -0.294 e. The Hall–Kier alpha value is -0.830. The topological polar surface area (TPSA) is 17.1 Å². The van der Waals surface area contributed by atoms with Crippen LogP contribution < -0.4 is 0 Å². The normalized spacial score (nSPS) is 15.6. The van der Waals surface area contributed by atoms with E-state index in [-0.39, 0.29) is 17.5 Å². The van der Waals surface area contributed by atoms with Crippen LogP contribution in [0.4, 0.5) is 4.39 Å². The summed E-state index contributed by atoms with van der Waals surface area (Å²) in [4.78, 5) is 12.2. The number of thioether (sulfide) groups is 1. The van der Waals surface area contributed by atoms with E-state index in [0.717, 1.165) is 12.8 Å². The molecule has 1 aliphatic rings. The molecular weight excluding hydrogens is 199 g/mol. The molecule has 2 rings (SSSR count). The number of ketones is 1. The van der Waals surface area contributed by atoms with Crippen LogP contribution in [-0.2, 0) is 0 Å². The average molecular weight is 210 g/mol. The summed E-state index contributed by atoms with van der Waals surface area (Å²) < 4.78 is 13.1. The smallest absolute Gasteiger partial charge is 0.165 e. The first kappa shape index (κ1) is 9.71. The highest BCUT2D eigenvalue weighted by molar-refractivity contribution is 7.98. The van der Waals surface area contributed by atoms with Gasteiger partial charge in [-0.3, -0.25) is 4.79 Å². The first-order chi connectivity index (χ1) is 6.72. The predicted octanol–water partition coefficient (Wildman–Crippen LogP) is 3.14. The van der Waals surface area contributed by atoms with Crippen LogP contribution in [0.1, 0.15) is 23.2 Å².